The number of hydrogen-bond donors (Lipinski definition) is 4. The molecule has 2 rings (SSSR count). The highest BCUT2D eigenvalue weighted by Crippen LogP contribution is 2.25. The van der Waals surface area contributed by atoms with E-state index in [-0.39, 0.29) is 30.6 Å². The Morgan fingerprint density at radius 1 is 1.28 bits per heavy atom. The lowest BCUT2D eigenvalue weighted by Gasteiger charge is -2.19. The van der Waals surface area contributed by atoms with Crippen LogP contribution < -0.4 is 5.32 Å². The molecule has 1 aromatic rings. The molecule has 0 aromatic heterocycles. The minimum absolute atomic E-state index is 0.0283. The highest BCUT2D eigenvalue weighted by molar-refractivity contribution is 5.94. The number of benzene rings is 1. The molecule has 9 heteroatoms. The zero-order valence-electron chi connectivity index (χ0n) is 20.3. The second-order valence-electron chi connectivity index (χ2n) is 8.28. The van der Waals surface area contributed by atoms with Gasteiger partial charge in [-0.2, -0.15) is 0 Å². The van der Waals surface area contributed by atoms with Gasteiger partial charge in [-0.1, -0.05) is 36.4 Å². The number of amides is 1. The van der Waals surface area contributed by atoms with E-state index in [1.54, 1.807) is 44.2 Å². The van der Waals surface area contributed by atoms with Gasteiger partial charge in [0, 0.05) is 31.3 Å². The molecular weight excluding hydrogens is 464 g/mol. The van der Waals surface area contributed by atoms with E-state index in [0.29, 0.717) is 17.6 Å². The molecule has 0 saturated carbocycles. The summed E-state index contributed by atoms with van der Waals surface area (Å²) in [4.78, 5) is 37.2. The van der Waals surface area contributed by atoms with Crippen LogP contribution in [0.25, 0.3) is 0 Å². The van der Waals surface area contributed by atoms with Crippen molar-refractivity contribution in [3.8, 4) is 5.75 Å². The van der Waals surface area contributed by atoms with Crippen molar-refractivity contribution in [3.63, 3.8) is 0 Å². The molecule has 0 saturated heterocycles. The molecule has 0 spiro atoms. The van der Waals surface area contributed by atoms with E-state index in [1.807, 2.05) is 0 Å². The molecule has 1 aromatic carbocycles. The third-order valence-electron chi connectivity index (χ3n) is 5.32. The van der Waals surface area contributed by atoms with Gasteiger partial charge in [0.25, 0.3) is 0 Å². The van der Waals surface area contributed by atoms with E-state index >= 15 is 0 Å². The summed E-state index contributed by atoms with van der Waals surface area (Å²) in [5.41, 5.74) is 1.13. The minimum atomic E-state index is -0.919. The van der Waals surface area contributed by atoms with Gasteiger partial charge < -0.3 is 30.4 Å². The van der Waals surface area contributed by atoms with E-state index in [9.17, 15) is 24.6 Å². The van der Waals surface area contributed by atoms with Crippen molar-refractivity contribution in [1.29, 1.82) is 5.41 Å². The zero-order valence-corrected chi connectivity index (χ0v) is 20.3. The standard InChI is InChI=1S/C27H32N2O7/c1-18-13-14-20-8-4-11-23(31)26(20)27(34)36-21(9-6-16-29-24(32)12-5-15-28)17-25(33)35-19(2)7-3-10-22(18)30/h3-6,8,10-13,15-16,19,21-22,28,30-31H,7,9,14,17H2,1-2H3,(H,29,32)/b10-3+,12-5-,16-6+,18-13-,28-15?. The number of esters is 2. The van der Waals surface area contributed by atoms with Crippen LogP contribution >= 0.6 is 0 Å². The fraction of sp³-hybridized carbons (Fsp3) is 0.333. The summed E-state index contributed by atoms with van der Waals surface area (Å²) in [6.07, 6.45) is 9.71. The molecule has 1 heterocycles. The van der Waals surface area contributed by atoms with Crippen LogP contribution in [0.5, 0.6) is 5.75 Å². The Kier molecular flexibility index (Phi) is 11.3. The highest BCUT2D eigenvalue weighted by Gasteiger charge is 2.24. The van der Waals surface area contributed by atoms with Crippen LogP contribution in [0.15, 0.2) is 66.4 Å². The number of rotatable bonds is 5. The Labute approximate surface area is 210 Å². The van der Waals surface area contributed by atoms with Crippen molar-refractivity contribution in [2.24, 2.45) is 0 Å². The SMILES string of the molecule is C/C1=C/Cc2cccc(O)c2C(=O)OC(C/C=C/NC(=O)/C=C\C=N)CC(=O)OC(C)C/C=C/C1O. The van der Waals surface area contributed by atoms with E-state index in [0.717, 1.165) is 6.21 Å². The minimum Gasteiger partial charge on any atom is -0.507 e. The number of aliphatic hydroxyl groups is 1. The lowest BCUT2D eigenvalue weighted by Crippen LogP contribution is -2.25. The van der Waals surface area contributed by atoms with Crippen LogP contribution in [-0.2, 0) is 25.5 Å². The summed E-state index contributed by atoms with van der Waals surface area (Å²) in [6.45, 7) is 3.47. The quantitative estimate of drug-likeness (QED) is 0.212. The molecule has 9 nitrogen and oxygen atoms in total. The first-order chi connectivity index (χ1) is 17.2. The van der Waals surface area contributed by atoms with Crippen LogP contribution in [0.4, 0.5) is 0 Å². The molecule has 3 atom stereocenters. The first-order valence-corrected chi connectivity index (χ1v) is 11.6. The fourth-order valence-corrected chi connectivity index (χ4v) is 3.37. The van der Waals surface area contributed by atoms with Gasteiger partial charge in [-0.25, -0.2) is 4.79 Å². The number of hydrogen-bond acceptors (Lipinski definition) is 8. The number of cyclic esters (lactones) is 2. The predicted molar refractivity (Wildman–Crippen MR) is 135 cm³/mol. The molecular formula is C27H32N2O7. The average Bonchev–Trinajstić information content (AvgIpc) is 2.82. The molecule has 1 amide bonds. The van der Waals surface area contributed by atoms with Crippen LogP contribution in [0, 0.1) is 5.41 Å². The number of nitrogens with one attached hydrogen (secondary N) is 2. The van der Waals surface area contributed by atoms with Crippen molar-refractivity contribution < 1.29 is 34.1 Å². The van der Waals surface area contributed by atoms with Crippen LogP contribution in [0.2, 0.25) is 0 Å². The molecule has 1 aliphatic rings. The summed E-state index contributed by atoms with van der Waals surface area (Å²) >= 11 is 0. The van der Waals surface area contributed by atoms with Gasteiger partial charge in [-0.3, -0.25) is 9.59 Å². The number of allylic oxidation sites excluding steroid dienone is 2. The molecule has 36 heavy (non-hydrogen) atoms. The Balaban J connectivity index is 2.31. The maximum Gasteiger partial charge on any atom is 0.342 e. The van der Waals surface area contributed by atoms with Gasteiger partial charge in [0.15, 0.2) is 0 Å². The average molecular weight is 497 g/mol. The molecule has 4 N–H and O–H groups in total. The summed E-state index contributed by atoms with van der Waals surface area (Å²) in [5.74, 6) is -2.10. The number of carbonyl (C=O) groups is 3. The van der Waals surface area contributed by atoms with Gasteiger partial charge in [0.2, 0.25) is 5.91 Å². The lowest BCUT2D eigenvalue weighted by molar-refractivity contribution is -0.150. The van der Waals surface area contributed by atoms with Gasteiger partial charge in [-0.05, 0) is 43.5 Å². The van der Waals surface area contributed by atoms with Crippen molar-refractivity contribution in [2.45, 2.75) is 57.8 Å². The number of aliphatic hydroxyl groups excluding tert-OH is 1. The summed E-state index contributed by atoms with van der Waals surface area (Å²) < 4.78 is 11.0. The van der Waals surface area contributed by atoms with E-state index in [1.165, 1.54) is 30.5 Å². The van der Waals surface area contributed by atoms with Crippen LogP contribution in [0.3, 0.4) is 0 Å². The molecule has 0 bridgehead atoms. The predicted octanol–water partition coefficient (Wildman–Crippen LogP) is 3.27. The normalized spacial score (nSPS) is 24.3. The smallest absolute Gasteiger partial charge is 0.342 e. The topological polar surface area (TPSA) is 146 Å². The molecule has 0 fully saturated rings. The van der Waals surface area contributed by atoms with Crippen LogP contribution in [-0.4, -0.2) is 52.6 Å². The number of phenolic OH excluding ortho intramolecular Hbond substituents is 1. The maximum atomic E-state index is 13.1. The molecule has 3 unspecified atom stereocenters. The van der Waals surface area contributed by atoms with Gasteiger partial charge >= 0.3 is 11.9 Å². The van der Waals surface area contributed by atoms with Gasteiger partial charge in [-0.15, -0.1) is 0 Å². The number of phenols is 1. The molecule has 0 radical (unpaired) electrons. The fourth-order valence-electron chi connectivity index (χ4n) is 3.37. The van der Waals surface area contributed by atoms with Gasteiger partial charge in [0.05, 0.1) is 12.5 Å². The first kappa shape index (κ1) is 28.3. The van der Waals surface area contributed by atoms with Crippen molar-refractivity contribution in [1.82, 2.24) is 5.32 Å². The van der Waals surface area contributed by atoms with E-state index in [2.05, 4.69) is 5.32 Å². The van der Waals surface area contributed by atoms with Crippen molar-refractivity contribution in [2.75, 3.05) is 0 Å². The Morgan fingerprint density at radius 3 is 2.81 bits per heavy atom. The van der Waals surface area contributed by atoms with Crippen molar-refractivity contribution in [3.05, 3.63) is 77.6 Å². The van der Waals surface area contributed by atoms with E-state index < -0.39 is 36.2 Å². The van der Waals surface area contributed by atoms with Crippen LogP contribution in [0.1, 0.15) is 49.0 Å². The lowest BCUT2D eigenvalue weighted by atomic mass is 10.0. The third-order valence-corrected chi connectivity index (χ3v) is 5.32. The number of fused-ring (bicyclic) bond motifs is 1. The number of ether oxygens (including phenoxy) is 2. The molecule has 1 aliphatic heterocycles. The highest BCUT2D eigenvalue weighted by atomic mass is 16.6. The summed E-state index contributed by atoms with van der Waals surface area (Å²) in [6, 6.07) is 4.65. The summed E-state index contributed by atoms with van der Waals surface area (Å²) in [7, 11) is 0. The maximum absolute atomic E-state index is 13.1. The molecule has 0 aliphatic carbocycles. The van der Waals surface area contributed by atoms with E-state index in [4.69, 9.17) is 14.9 Å². The number of aromatic hydroxyl groups is 1. The Bertz CT molecular complexity index is 1070. The van der Waals surface area contributed by atoms with Crippen molar-refractivity contribution >= 4 is 24.1 Å². The Hall–Kier alpha value is -3.98. The second-order valence-corrected chi connectivity index (χ2v) is 8.28. The summed E-state index contributed by atoms with van der Waals surface area (Å²) in [5, 5.41) is 30.1. The second kappa shape index (κ2) is 14.4. The third kappa shape index (κ3) is 9.34. The molecule has 192 valence electrons. The largest absolute Gasteiger partial charge is 0.507 e. The monoisotopic (exact) mass is 496 g/mol. The Morgan fingerprint density at radius 2 is 2.06 bits per heavy atom. The zero-order chi connectivity index (χ0) is 26.5. The first-order valence-electron chi connectivity index (χ1n) is 11.6. The van der Waals surface area contributed by atoms with Gasteiger partial charge in [0.1, 0.15) is 23.5 Å². The number of carbonyl (C=O) groups excluding carboxylic acids is 3.